The summed E-state index contributed by atoms with van der Waals surface area (Å²) in [6, 6.07) is 0. The Kier molecular flexibility index (Phi) is 3.13. The smallest absolute Gasteiger partial charge is 0.0650 e. The number of rotatable bonds is 1. The number of nitrogens with two attached hydrogens (primary N) is 1. The molecule has 0 spiro atoms. The van der Waals surface area contributed by atoms with Crippen LogP contribution in [0.4, 0.5) is 0 Å². The van der Waals surface area contributed by atoms with E-state index >= 15 is 0 Å². The molecule has 0 aliphatic carbocycles. The number of hydrogen-bond donors (Lipinski definition) is 1. The molecule has 0 aromatic heterocycles. The van der Waals surface area contributed by atoms with Crippen LogP contribution in [0.25, 0.3) is 0 Å². The second kappa shape index (κ2) is 3.40. The minimum Gasteiger partial charge on any atom is -0.323 e. The van der Waals surface area contributed by atoms with Gasteiger partial charge in [-0.25, -0.2) is 0 Å². The number of nitrogens with zero attached hydrogens (tertiary/aromatic N) is 1. The topological polar surface area (TPSA) is 38.4 Å². The molecule has 0 aromatic rings. The van der Waals surface area contributed by atoms with Gasteiger partial charge in [0.2, 0.25) is 0 Å². The molecule has 0 aromatic carbocycles. The lowest BCUT2D eigenvalue weighted by molar-refractivity contribution is 0.591. The van der Waals surface area contributed by atoms with Gasteiger partial charge >= 0.3 is 0 Å². The Bertz CT molecular complexity index is 149. The van der Waals surface area contributed by atoms with Gasteiger partial charge in [-0.05, 0) is 13.0 Å². The van der Waals surface area contributed by atoms with E-state index in [4.69, 9.17) is 5.84 Å². The molecule has 2 heteroatoms. The highest BCUT2D eigenvalue weighted by Crippen LogP contribution is 2.15. The molecule has 0 aliphatic heterocycles. The highest BCUT2D eigenvalue weighted by atomic mass is 15.1. The first-order chi connectivity index (χ1) is 4.52. The molecule has 0 aliphatic rings. The monoisotopic (exact) mass is 140 g/mol. The lowest BCUT2D eigenvalue weighted by Gasteiger charge is -2.16. The Morgan fingerprint density at radius 2 is 1.90 bits per heavy atom. The third kappa shape index (κ3) is 2.67. The van der Waals surface area contributed by atoms with Crippen molar-refractivity contribution >= 4 is 5.71 Å². The van der Waals surface area contributed by atoms with Crippen LogP contribution in [0.3, 0.4) is 0 Å². The zero-order valence-electron chi connectivity index (χ0n) is 7.18. The van der Waals surface area contributed by atoms with Gasteiger partial charge in [-0.1, -0.05) is 26.8 Å². The summed E-state index contributed by atoms with van der Waals surface area (Å²) in [4.78, 5) is 0. The molecule has 0 radical (unpaired) electrons. The molecule has 2 nitrogen and oxygen atoms in total. The maximum absolute atomic E-state index is 5.18. The Morgan fingerprint density at radius 3 is 2.00 bits per heavy atom. The van der Waals surface area contributed by atoms with E-state index in [1.807, 2.05) is 19.1 Å². The Hall–Kier alpha value is -0.790. The molecule has 58 valence electrons. The van der Waals surface area contributed by atoms with Crippen molar-refractivity contribution in [2.24, 2.45) is 16.4 Å². The molecule has 0 unspecified atom stereocenters. The number of allylic oxidation sites excluding steroid dienone is 2. The van der Waals surface area contributed by atoms with E-state index in [1.54, 1.807) is 0 Å². The van der Waals surface area contributed by atoms with E-state index < -0.39 is 0 Å². The maximum Gasteiger partial charge on any atom is 0.0650 e. The third-order valence-corrected chi connectivity index (χ3v) is 1.23. The van der Waals surface area contributed by atoms with Crippen molar-refractivity contribution in [3.05, 3.63) is 12.2 Å². The van der Waals surface area contributed by atoms with E-state index in [0.29, 0.717) is 0 Å². The summed E-state index contributed by atoms with van der Waals surface area (Å²) in [7, 11) is 0. The predicted molar refractivity (Wildman–Crippen MR) is 45.9 cm³/mol. The molecular formula is C8H16N2. The average molecular weight is 140 g/mol. The summed E-state index contributed by atoms with van der Waals surface area (Å²) in [6.07, 6.45) is 3.87. The first kappa shape index (κ1) is 9.21. The lowest BCUT2D eigenvalue weighted by Crippen LogP contribution is -2.19. The van der Waals surface area contributed by atoms with Crippen LogP contribution < -0.4 is 5.84 Å². The van der Waals surface area contributed by atoms with Crippen LogP contribution >= 0.6 is 0 Å². The summed E-state index contributed by atoms with van der Waals surface area (Å²) in [5, 5.41) is 3.68. The second-order valence-corrected chi connectivity index (χ2v) is 3.26. The first-order valence-electron chi connectivity index (χ1n) is 3.43. The largest absolute Gasteiger partial charge is 0.323 e. The minimum atomic E-state index is 0.0568. The number of hydrazone groups is 1. The first-order valence-corrected chi connectivity index (χ1v) is 3.43. The van der Waals surface area contributed by atoms with Crippen molar-refractivity contribution in [3.63, 3.8) is 0 Å². The van der Waals surface area contributed by atoms with Crippen LogP contribution in [-0.2, 0) is 0 Å². The van der Waals surface area contributed by atoms with Gasteiger partial charge in [-0.2, -0.15) is 5.10 Å². The molecule has 10 heavy (non-hydrogen) atoms. The summed E-state index contributed by atoms with van der Waals surface area (Å²) in [5.74, 6) is 5.18. The SMILES string of the molecule is C/C=C\C(=N/N)C(C)(C)C. The lowest BCUT2D eigenvalue weighted by atomic mass is 9.90. The standard InChI is InChI=1S/C8H16N2/c1-5-6-7(10-9)8(2,3)4/h5-6H,9H2,1-4H3/b6-5-,10-7+. The molecule has 2 N–H and O–H groups in total. The maximum atomic E-state index is 5.18. The van der Waals surface area contributed by atoms with Crippen molar-refractivity contribution in [2.45, 2.75) is 27.7 Å². The summed E-state index contributed by atoms with van der Waals surface area (Å²) in [5.41, 5.74) is 0.983. The van der Waals surface area contributed by atoms with Crippen LogP contribution in [0.15, 0.2) is 17.3 Å². The van der Waals surface area contributed by atoms with Gasteiger partial charge in [-0.3, -0.25) is 0 Å². The zero-order chi connectivity index (χ0) is 8.20. The summed E-state index contributed by atoms with van der Waals surface area (Å²) in [6.45, 7) is 8.20. The minimum absolute atomic E-state index is 0.0568. The van der Waals surface area contributed by atoms with E-state index in [2.05, 4.69) is 25.9 Å². The van der Waals surface area contributed by atoms with Gasteiger partial charge in [0, 0.05) is 5.41 Å². The zero-order valence-corrected chi connectivity index (χ0v) is 7.18. The molecule has 0 amide bonds. The quantitative estimate of drug-likeness (QED) is 0.337. The van der Waals surface area contributed by atoms with Crippen LogP contribution in [-0.4, -0.2) is 5.71 Å². The summed E-state index contributed by atoms with van der Waals surface area (Å²) < 4.78 is 0. The van der Waals surface area contributed by atoms with Crippen molar-refractivity contribution in [1.82, 2.24) is 0 Å². The van der Waals surface area contributed by atoms with E-state index in [-0.39, 0.29) is 5.41 Å². The molecule has 0 bridgehead atoms. The number of hydrogen-bond acceptors (Lipinski definition) is 2. The van der Waals surface area contributed by atoms with Crippen molar-refractivity contribution < 1.29 is 0 Å². The Morgan fingerprint density at radius 1 is 1.40 bits per heavy atom. The average Bonchev–Trinajstić information content (AvgIpc) is 1.80. The van der Waals surface area contributed by atoms with Gasteiger partial charge in [-0.15, -0.1) is 0 Å². The van der Waals surface area contributed by atoms with Crippen LogP contribution in [0.2, 0.25) is 0 Å². The second-order valence-electron chi connectivity index (χ2n) is 3.26. The van der Waals surface area contributed by atoms with Gasteiger partial charge < -0.3 is 5.84 Å². The van der Waals surface area contributed by atoms with E-state index in [1.165, 1.54) is 0 Å². The molecular weight excluding hydrogens is 124 g/mol. The molecule has 0 saturated carbocycles. The Labute approximate surface area is 62.8 Å². The van der Waals surface area contributed by atoms with Crippen molar-refractivity contribution in [3.8, 4) is 0 Å². The fraction of sp³-hybridized carbons (Fsp3) is 0.625. The molecule has 0 fully saturated rings. The van der Waals surface area contributed by atoms with Crippen molar-refractivity contribution in [1.29, 1.82) is 0 Å². The predicted octanol–water partition coefficient (Wildman–Crippen LogP) is 1.92. The van der Waals surface area contributed by atoms with Crippen LogP contribution in [0, 0.1) is 5.41 Å². The normalized spacial score (nSPS) is 14.6. The van der Waals surface area contributed by atoms with Gasteiger partial charge in [0.25, 0.3) is 0 Å². The van der Waals surface area contributed by atoms with Gasteiger partial charge in [0.1, 0.15) is 0 Å². The van der Waals surface area contributed by atoms with E-state index in [9.17, 15) is 0 Å². The fourth-order valence-electron chi connectivity index (χ4n) is 0.645. The molecule has 0 atom stereocenters. The highest BCUT2D eigenvalue weighted by Gasteiger charge is 2.15. The molecule has 0 rings (SSSR count). The molecule has 0 heterocycles. The van der Waals surface area contributed by atoms with Crippen LogP contribution in [0.5, 0.6) is 0 Å². The summed E-state index contributed by atoms with van der Waals surface area (Å²) >= 11 is 0. The third-order valence-electron chi connectivity index (χ3n) is 1.23. The van der Waals surface area contributed by atoms with Crippen LogP contribution in [0.1, 0.15) is 27.7 Å². The van der Waals surface area contributed by atoms with E-state index in [0.717, 1.165) is 5.71 Å². The van der Waals surface area contributed by atoms with Gasteiger partial charge in [0.15, 0.2) is 0 Å². The van der Waals surface area contributed by atoms with Gasteiger partial charge in [0.05, 0.1) is 5.71 Å². The fourth-order valence-corrected chi connectivity index (χ4v) is 0.645. The highest BCUT2D eigenvalue weighted by molar-refractivity contribution is 5.98. The van der Waals surface area contributed by atoms with Crippen molar-refractivity contribution in [2.75, 3.05) is 0 Å². The Balaban J connectivity index is 4.39. The molecule has 0 saturated heterocycles.